The van der Waals surface area contributed by atoms with Crippen molar-refractivity contribution < 1.29 is 56.2 Å². The summed E-state index contributed by atoms with van der Waals surface area (Å²) in [4.78, 5) is 39.1. The van der Waals surface area contributed by atoms with E-state index in [9.17, 15) is 56.2 Å². The van der Waals surface area contributed by atoms with Gasteiger partial charge in [-0.25, -0.2) is 0 Å². The highest BCUT2D eigenvalue weighted by molar-refractivity contribution is 4.78. The number of rotatable bonds is 76. The zero-order chi connectivity index (χ0) is 71.2. The second kappa shape index (κ2) is 67.0. The van der Waals surface area contributed by atoms with E-state index in [1.54, 1.807) is 0 Å². The molecule has 0 aliphatic heterocycles. The molecule has 0 aliphatic carbocycles. The number of hydrogen-bond donors (Lipinski definition) is 14. The first kappa shape index (κ1) is 94.8. The Morgan fingerprint density at radius 1 is 0.135 bits per heavy atom. The summed E-state index contributed by atoms with van der Waals surface area (Å²) in [7, 11) is 10.1. The van der Waals surface area contributed by atoms with Gasteiger partial charge in [-0.2, -0.15) is 0 Å². The second-order valence-corrected chi connectivity index (χ2v) is 25.9. The van der Waals surface area contributed by atoms with Gasteiger partial charge in [0.15, 0.2) is 0 Å². The minimum atomic E-state index is 0.00388. The summed E-state index contributed by atoms with van der Waals surface area (Å²) < 4.78 is 0. The SMILES string of the molecule is CN(CCO)CCN(CCN)CCN(CCN(CCO)CCN(CCN)CCO)CCN(CCO)CCN(CCN(CCO)CCN(C)CCO)CCN(CCN(CCN)CCN(CCN(C)CCO)CCN(C)CCO)CCN(CCO)CCN(CCO)CCN(C)CCO. The van der Waals surface area contributed by atoms with Gasteiger partial charge >= 0.3 is 0 Å². The van der Waals surface area contributed by atoms with Gasteiger partial charge in [0, 0.05) is 321 Å². The number of aliphatic hydroxyl groups excluding tert-OH is 11. The minimum Gasteiger partial charge on any atom is -0.395 e. The van der Waals surface area contributed by atoms with Crippen LogP contribution >= 0.6 is 0 Å². The summed E-state index contributed by atoms with van der Waals surface area (Å²) in [5, 5.41) is 109. The molecule has 0 amide bonds. The number of aliphatic hydroxyl groups is 11. The zero-order valence-electron chi connectivity index (χ0n) is 61.7. The van der Waals surface area contributed by atoms with Crippen LogP contribution in [0.4, 0.5) is 0 Å². The van der Waals surface area contributed by atoms with Gasteiger partial charge in [-0.05, 0) is 35.2 Å². The fourth-order valence-electron chi connectivity index (χ4n) is 11.5. The molecule has 578 valence electrons. The fraction of sp³-hybridized carbons (Fsp3) is 1.00. The summed E-state index contributed by atoms with van der Waals surface area (Å²) in [6.45, 7) is 34.8. The van der Waals surface area contributed by atoms with Crippen molar-refractivity contribution >= 4 is 0 Å². The summed E-state index contributed by atoms with van der Waals surface area (Å²) in [6, 6.07) is 0. The summed E-state index contributed by atoms with van der Waals surface area (Å²) in [5.74, 6) is 0. The molecule has 0 heterocycles. The lowest BCUT2D eigenvalue weighted by Gasteiger charge is -2.35. The summed E-state index contributed by atoms with van der Waals surface area (Å²) in [6.07, 6.45) is 0. The molecule has 0 aromatic rings. The molecule has 0 aromatic heterocycles. The van der Waals surface area contributed by atoms with Crippen molar-refractivity contribution in [3.05, 3.63) is 0 Å². The smallest absolute Gasteiger partial charge is 0.0558 e. The van der Waals surface area contributed by atoms with Crippen molar-refractivity contribution in [3.8, 4) is 0 Å². The van der Waals surface area contributed by atoms with E-state index in [1.807, 2.05) is 35.2 Å². The molecule has 0 radical (unpaired) electrons. The van der Waals surface area contributed by atoms with E-state index in [4.69, 9.17) is 17.2 Å². The van der Waals surface area contributed by atoms with Crippen molar-refractivity contribution in [1.29, 1.82) is 0 Å². The molecule has 0 unspecified atom stereocenters. The van der Waals surface area contributed by atoms with E-state index in [0.29, 0.717) is 118 Å². The molecule has 0 aromatic carbocycles. The molecule has 0 rings (SSSR count). The van der Waals surface area contributed by atoms with Gasteiger partial charge in [-0.1, -0.05) is 0 Å². The van der Waals surface area contributed by atoms with Gasteiger partial charge < -0.3 is 97.9 Å². The molecule has 17 N–H and O–H groups in total. The zero-order valence-corrected chi connectivity index (χ0v) is 61.7. The number of likely N-dealkylation sites (N-methyl/N-ethyl adjacent to an activating group) is 5. The maximum absolute atomic E-state index is 10.7. The van der Waals surface area contributed by atoms with E-state index in [1.165, 1.54) is 0 Å². The second-order valence-electron chi connectivity index (χ2n) is 25.9. The predicted molar refractivity (Wildman–Crippen MR) is 390 cm³/mol. The topological polar surface area (TPSA) is 356 Å². The quantitative estimate of drug-likeness (QED) is 0.0269. The van der Waals surface area contributed by atoms with E-state index >= 15 is 0 Å². The van der Waals surface area contributed by atoms with Gasteiger partial charge in [0.05, 0.1) is 72.7 Å². The Morgan fingerprint density at radius 2 is 0.229 bits per heavy atom. The molecular formula is C65H152N20O11. The van der Waals surface area contributed by atoms with Crippen LogP contribution < -0.4 is 17.2 Å². The normalized spacial score (nSPS) is 12.9. The van der Waals surface area contributed by atoms with Crippen molar-refractivity contribution in [3.63, 3.8) is 0 Å². The lowest BCUT2D eigenvalue weighted by Crippen LogP contribution is -2.49. The standard InChI is InChI=1S/C65H152N20O11/c1-69(44-55-86)12-17-74(9-6-66)22-27-79(33-38-83(52-63-94)36-25-76(11-8-68)49-60-91)34-39-84(53-64-95)40-35-80(31-37-81(50-61-92)20-15-72(4)47-58-89)30-29-78(32-41-85(54-65-96)43-42-82(51-62-93)21-16-73(5)48-59-90)28-24-75(10-7-67)23-26-77(18-13-70(2)45-56-87)19-14-71(3)46-57-88/h86-96H,6-68H2,1-5H3. The van der Waals surface area contributed by atoms with Gasteiger partial charge in [0.1, 0.15) is 0 Å². The lowest BCUT2D eigenvalue weighted by atomic mass is 10.3. The Balaban J connectivity index is 7.31. The highest BCUT2D eigenvalue weighted by Crippen LogP contribution is 2.06. The third kappa shape index (κ3) is 53.6. The van der Waals surface area contributed by atoms with Crippen LogP contribution in [0.5, 0.6) is 0 Å². The fourth-order valence-corrected chi connectivity index (χ4v) is 11.5. The van der Waals surface area contributed by atoms with E-state index in [2.05, 4.69) is 83.3 Å². The van der Waals surface area contributed by atoms with Crippen LogP contribution in [0.2, 0.25) is 0 Å². The summed E-state index contributed by atoms with van der Waals surface area (Å²) >= 11 is 0. The van der Waals surface area contributed by atoms with Crippen LogP contribution in [0.3, 0.4) is 0 Å². The van der Waals surface area contributed by atoms with E-state index in [0.717, 1.165) is 203 Å². The van der Waals surface area contributed by atoms with Crippen LogP contribution in [0.25, 0.3) is 0 Å². The van der Waals surface area contributed by atoms with Crippen LogP contribution in [0.1, 0.15) is 0 Å². The first-order valence-electron chi connectivity index (χ1n) is 36.5. The number of nitrogens with two attached hydrogens (primary N) is 3. The average Bonchev–Trinajstić information content (AvgIpc) is 2.35. The molecule has 0 aliphatic rings. The molecule has 96 heavy (non-hydrogen) atoms. The molecule has 31 heteroatoms. The van der Waals surface area contributed by atoms with Crippen LogP contribution in [0.15, 0.2) is 0 Å². The monoisotopic (exact) mass is 1390 g/mol. The van der Waals surface area contributed by atoms with Gasteiger partial charge in [0.2, 0.25) is 0 Å². The maximum Gasteiger partial charge on any atom is 0.0558 e. The van der Waals surface area contributed by atoms with Gasteiger partial charge in [-0.3, -0.25) is 58.8 Å². The Kier molecular flexibility index (Phi) is 66.1. The van der Waals surface area contributed by atoms with Crippen molar-refractivity contribution in [1.82, 2.24) is 83.3 Å². The number of nitrogens with zero attached hydrogens (tertiary/aromatic N) is 17. The molecular weight excluding hydrogens is 1240 g/mol. The minimum absolute atomic E-state index is 0.00388. The molecule has 0 bridgehead atoms. The third-order valence-electron chi connectivity index (χ3n) is 18.3. The largest absolute Gasteiger partial charge is 0.395 e. The molecule has 0 fully saturated rings. The van der Waals surface area contributed by atoms with Crippen LogP contribution in [-0.2, 0) is 0 Å². The average molecular weight is 1390 g/mol. The Hall–Kier alpha value is -1.24. The molecule has 0 atom stereocenters. The van der Waals surface area contributed by atoms with Crippen LogP contribution in [0, 0.1) is 0 Å². The predicted octanol–water partition coefficient (Wildman–Crippen LogP) is -9.94. The van der Waals surface area contributed by atoms with Crippen LogP contribution in [-0.4, -0.2) is 568 Å². The number of hydrogen-bond acceptors (Lipinski definition) is 31. The third-order valence-corrected chi connectivity index (χ3v) is 18.3. The van der Waals surface area contributed by atoms with E-state index in [-0.39, 0.29) is 72.7 Å². The lowest BCUT2D eigenvalue weighted by molar-refractivity contribution is 0.105. The molecule has 0 saturated carbocycles. The van der Waals surface area contributed by atoms with Gasteiger partial charge in [-0.15, -0.1) is 0 Å². The van der Waals surface area contributed by atoms with E-state index < -0.39 is 0 Å². The van der Waals surface area contributed by atoms with Crippen molar-refractivity contribution in [2.45, 2.75) is 0 Å². The highest BCUT2D eigenvalue weighted by atomic mass is 16.3. The Bertz CT molecular complexity index is 1600. The molecule has 0 saturated heterocycles. The highest BCUT2D eigenvalue weighted by Gasteiger charge is 2.21. The first-order chi connectivity index (χ1) is 46.6. The van der Waals surface area contributed by atoms with Gasteiger partial charge in [0.25, 0.3) is 0 Å². The maximum atomic E-state index is 10.7. The van der Waals surface area contributed by atoms with Crippen molar-refractivity contribution in [2.24, 2.45) is 17.2 Å². The first-order valence-corrected chi connectivity index (χ1v) is 36.5. The van der Waals surface area contributed by atoms with Crippen molar-refractivity contribution in [2.75, 3.05) is 429 Å². The molecule has 31 nitrogen and oxygen atoms in total. The molecule has 0 spiro atoms. The Labute approximate surface area is 583 Å². The Morgan fingerprint density at radius 3 is 0.344 bits per heavy atom. The summed E-state index contributed by atoms with van der Waals surface area (Å²) in [5.41, 5.74) is 18.5.